The minimum atomic E-state index is -1.27. The Hall–Kier alpha value is -2.37. The van der Waals surface area contributed by atoms with Crippen LogP contribution in [0.15, 0.2) is 42.5 Å². The lowest BCUT2D eigenvalue weighted by molar-refractivity contribution is -0.180. The molecule has 4 rings (SSSR count). The first kappa shape index (κ1) is 18.0. The fourth-order valence-corrected chi connectivity index (χ4v) is 3.73. The van der Waals surface area contributed by atoms with Crippen LogP contribution in [0.3, 0.4) is 0 Å². The van der Waals surface area contributed by atoms with Crippen molar-refractivity contribution in [1.82, 2.24) is 0 Å². The number of unbranched alkanes of at least 4 members (excludes halogenated alkanes) is 1. The van der Waals surface area contributed by atoms with Crippen LogP contribution in [0, 0.1) is 6.92 Å². The van der Waals surface area contributed by atoms with E-state index in [2.05, 4.69) is 6.92 Å². The van der Waals surface area contributed by atoms with Crippen molar-refractivity contribution in [2.24, 2.45) is 0 Å². The Kier molecular flexibility index (Phi) is 4.89. The maximum Gasteiger partial charge on any atom is 0.292 e. The van der Waals surface area contributed by atoms with Crippen molar-refractivity contribution in [1.29, 1.82) is 0 Å². The Morgan fingerprint density at radius 2 is 1.85 bits per heavy atom. The summed E-state index contributed by atoms with van der Waals surface area (Å²) in [5.74, 6) is -0.562. The average molecular weight is 367 g/mol. The molecule has 1 amide bonds. The predicted octanol–water partition coefficient (Wildman–Crippen LogP) is 3.92. The second-order valence-electron chi connectivity index (χ2n) is 7.02. The Labute approximate surface area is 159 Å². The van der Waals surface area contributed by atoms with Gasteiger partial charge in [-0.25, -0.2) is 0 Å². The molecule has 2 aromatic carbocycles. The SMILES string of the molecule is CCCCOc1ccc(CN2C(=O)C3(OCCO3)c3cccc(C)c32)cc1. The third-order valence-electron chi connectivity index (χ3n) is 5.11. The molecule has 1 fully saturated rings. The Morgan fingerprint density at radius 3 is 2.56 bits per heavy atom. The first-order valence-electron chi connectivity index (χ1n) is 9.57. The van der Waals surface area contributed by atoms with Crippen LogP contribution in [-0.4, -0.2) is 25.7 Å². The van der Waals surface area contributed by atoms with Gasteiger partial charge < -0.3 is 19.1 Å². The summed E-state index contributed by atoms with van der Waals surface area (Å²) in [5.41, 5.74) is 3.78. The van der Waals surface area contributed by atoms with Crippen molar-refractivity contribution in [3.63, 3.8) is 0 Å². The van der Waals surface area contributed by atoms with Gasteiger partial charge in [0.2, 0.25) is 0 Å². The molecular weight excluding hydrogens is 342 g/mol. The van der Waals surface area contributed by atoms with Crippen molar-refractivity contribution in [2.45, 2.75) is 39.0 Å². The van der Waals surface area contributed by atoms with E-state index < -0.39 is 5.79 Å². The molecule has 142 valence electrons. The van der Waals surface area contributed by atoms with Gasteiger partial charge in [-0.3, -0.25) is 4.79 Å². The third-order valence-corrected chi connectivity index (χ3v) is 5.11. The number of ether oxygens (including phenoxy) is 3. The lowest BCUT2D eigenvalue weighted by Crippen LogP contribution is -2.40. The summed E-state index contributed by atoms with van der Waals surface area (Å²) in [6, 6.07) is 13.8. The Balaban J connectivity index is 1.58. The summed E-state index contributed by atoms with van der Waals surface area (Å²) >= 11 is 0. The molecule has 0 aliphatic carbocycles. The van der Waals surface area contributed by atoms with Gasteiger partial charge in [0.1, 0.15) is 5.75 Å². The van der Waals surface area contributed by atoms with E-state index in [9.17, 15) is 4.79 Å². The molecule has 2 aliphatic heterocycles. The fraction of sp³-hybridized carbons (Fsp3) is 0.409. The summed E-state index contributed by atoms with van der Waals surface area (Å²) in [6.07, 6.45) is 2.15. The van der Waals surface area contributed by atoms with E-state index in [0.29, 0.717) is 19.8 Å². The highest BCUT2D eigenvalue weighted by Gasteiger charge is 2.56. The Morgan fingerprint density at radius 1 is 1.11 bits per heavy atom. The standard InChI is InChI=1S/C22H25NO4/c1-3-4-12-25-18-10-8-17(9-11-18)15-23-20-16(2)6-5-7-19(20)22(21(23)24)26-13-14-27-22/h5-11H,3-4,12-15H2,1-2H3. The summed E-state index contributed by atoms with van der Waals surface area (Å²) in [5, 5.41) is 0. The minimum absolute atomic E-state index is 0.146. The molecule has 1 saturated heterocycles. The highest BCUT2D eigenvalue weighted by atomic mass is 16.7. The lowest BCUT2D eigenvalue weighted by Gasteiger charge is -2.22. The van der Waals surface area contributed by atoms with E-state index >= 15 is 0 Å². The number of benzene rings is 2. The van der Waals surface area contributed by atoms with Crippen molar-refractivity contribution >= 4 is 11.6 Å². The van der Waals surface area contributed by atoms with Gasteiger partial charge in [0.25, 0.3) is 11.7 Å². The number of aryl methyl sites for hydroxylation is 1. The predicted molar refractivity (Wildman–Crippen MR) is 103 cm³/mol. The second-order valence-corrected chi connectivity index (χ2v) is 7.02. The number of para-hydroxylation sites is 1. The highest BCUT2D eigenvalue weighted by molar-refractivity contribution is 6.06. The molecule has 2 heterocycles. The van der Waals surface area contributed by atoms with Gasteiger partial charge in [-0.05, 0) is 36.6 Å². The molecule has 0 radical (unpaired) electrons. The van der Waals surface area contributed by atoms with E-state index in [1.54, 1.807) is 4.90 Å². The van der Waals surface area contributed by atoms with Crippen LogP contribution in [0.4, 0.5) is 5.69 Å². The van der Waals surface area contributed by atoms with Gasteiger partial charge in [-0.1, -0.05) is 43.7 Å². The molecule has 0 unspecified atom stereocenters. The number of hydrogen-bond acceptors (Lipinski definition) is 4. The number of carbonyl (C=O) groups is 1. The fourth-order valence-electron chi connectivity index (χ4n) is 3.73. The molecule has 0 saturated carbocycles. The monoisotopic (exact) mass is 367 g/mol. The van der Waals surface area contributed by atoms with Crippen LogP contribution in [0.1, 0.15) is 36.5 Å². The van der Waals surface area contributed by atoms with E-state index in [-0.39, 0.29) is 5.91 Å². The molecule has 0 aromatic heterocycles. The average Bonchev–Trinajstić information content (AvgIpc) is 3.25. The zero-order chi connectivity index (χ0) is 18.9. The number of rotatable bonds is 6. The van der Waals surface area contributed by atoms with E-state index in [1.807, 2.05) is 49.4 Å². The van der Waals surface area contributed by atoms with Crippen LogP contribution in [0.2, 0.25) is 0 Å². The topological polar surface area (TPSA) is 48.0 Å². The van der Waals surface area contributed by atoms with Crippen molar-refractivity contribution in [2.75, 3.05) is 24.7 Å². The first-order chi connectivity index (χ1) is 13.2. The molecule has 27 heavy (non-hydrogen) atoms. The molecule has 0 atom stereocenters. The highest BCUT2D eigenvalue weighted by Crippen LogP contribution is 2.47. The van der Waals surface area contributed by atoms with Gasteiger partial charge in [-0.2, -0.15) is 0 Å². The second kappa shape index (κ2) is 7.33. The molecular formula is C22H25NO4. The zero-order valence-corrected chi connectivity index (χ0v) is 15.9. The molecule has 0 bridgehead atoms. The maximum atomic E-state index is 13.2. The largest absolute Gasteiger partial charge is 0.494 e. The Bertz CT molecular complexity index is 825. The molecule has 0 N–H and O–H groups in total. The molecule has 2 aromatic rings. The maximum absolute atomic E-state index is 13.2. The van der Waals surface area contributed by atoms with Crippen molar-refractivity contribution in [3.8, 4) is 5.75 Å². The van der Waals surface area contributed by atoms with Gasteiger partial charge in [0, 0.05) is 5.56 Å². The van der Waals surface area contributed by atoms with E-state index in [4.69, 9.17) is 14.2 Å². The smallest absolute Gasteiger partial charge is 0.292 e. The summed E-state index contributed by atoms with van der Waals surface area (Å²) in [4.78, 5) is 15.0. The van der Waals surface area contributed by atoms with Crippen LogP contribution < -0.4 is 9.64 Å². The number of anilines is 1. The number of amides is 1. The van der Waals surface area contributed by atoms with Crippen molar-refractivity contribution in [3.05, 3.63) is 59.2 Å². The van der Waals surface area contributed by atoms with E-state index in [0.717, 1.165) is 47.6 Å². The van der Waals surface area contributed by atoms with E-state index in [1.165, 1.54) is 0 Å². The van der Waals surface area contributed by atoms with Gasteiger partial charge in [-0.15, -0.1) is 0 Å². The number of fused-ring (bicyclic) bond motifs is 2. The third kappa shape index (κ3) is 3.11. The van der Waals surface area contributed by atoms with Crippen LogP contribution in [0.25, 0.3) is 0 Å². The molecule has 1 spiro atoms. The quantitative estimate of drug-likeness (QED) is 0.726. The normalized spacial score (nSPS) is 17.6. The summed E-state index contributed by atoms with van der Waals surface area (Å²) in [7, 11) is 0. The molecule has 2 aliphatic rings. The number of carbonyl (C=O) groups excluding carboxylic acids is 1. The van der Waals surface area contributed by atoms with Gasteiger partial charge >= 0.3 is 0 Å². The summed E-state index contributed by atoms with van der Waals surface area (Å²) < 4.78 is 17.3. The van der Waals surface area contributed by atoms with Gasteiger partial charge in [0.05, 0.1) is 32.1 Å². The zero-order valence-electron chi connectivity index (χ0n) is 15.9. The van der Waals surface area contributed by atoms with Crippen molar-refractivity contribution < 1.29 is 19.0 Å². The lowest BCUT2D eigenvalue weighted by atomic mass is 10.0. The van der Waals surface area contributed by atoms with Crippen LogP contribution >= 0.6 is 0 Å². The minimum Gasteiger partial charge on any atom is -0.494 e. The first-order valence-corrected chi connectivity index (χ1v) is 9.57. The summed E-state index contributed by atoms with van der Waals surface area (Å²) in [6.45, 7) is 6.21. The van der Waals surface area contributed by atoms with Crippen LogP contribution in [-0.2, 0) is 26.6 Å². The van der Waals surface area contributed by atoms with Crippen LogP contribution in [0.5, 0.6) is 5.75 Å². The number of nitrogens with zero attached hydrogens (tertiary/aromatic N) is 1. The molecule has 5 heteroatoms. The molecule has 5 nitrogen and oxygen atoms in total. The number of hydrogen-bond donors (Lipinski definition) is 0. The van der Waals surface area contributed by atoms with Gasteiger partial charge in [0.15, 0.2) is 0 Å².